The molecule has 1 unspecified atom stereocenters. The Balaban J connectivity index is 1.81. The Morgan fingerprint density at radius 3 is 2.54 bits per heavy atom. The highest BCUT2D eigenvalue weighted by atomic mass is 16.2. The predicted molar refractivity (Wildman–Crippen MR) is 51.3 cm³/mol. The molecule has 0 bridgehead atoms. The molecule has 3 heteroatoms. The van der Waals surface area contributed by atoms with Crippen LogP contribution in [0.2, 0.25) is 0 Å². The van der Waals surface area contributed by atoms with Crippen LogP contribution in [0.3, 0.4) is 0 Å². The minimum atomic E-state index is 0.223. The standard InChI is InChI=1S/C10H18N2O/c1-3-12(7(2)13)6-10-8-4-11-5-9(8)10/h8-11H,3-6H2,1-2H3/t8-,9+,10?. The van der Waals surface area contributed by atoms with Crippen molar-refractivity contribution in [1.29, 1.82) is 0 Å². The predicted octanol–water partition coefficient (Wildman–Crippen LogP) is 0.320. The zero-order valence-corrected chi connectivity index (χ0v) is 8.42. The van der Waals surface area contributed by atoms with Gasteiger partial charge in [-0.25, -0.2) is 0 Å². The summed E-state index contributed by atoms with van der Waals surface area (Å²) in [6.07, 6.45) is 0. The quantitative estimate of drug-likeness (QED) is 0.682. The molecular weight excluding hydrogens is 164 g/mol. The van der Waals surface area contributed by atoms with Crippen LogP contribution in [0.1, 0.15) is 13.8 Å². The normalized spacial score (nSPS) is 35.7. The molecule has 1 saturated carbocycles. The number of fused-ring (bicyclic) bond motifs is 1. The monoisotopic (exact) mass is 182 g/mol. The van der Waals surface area contributed by atoms with Crippen molar-refractivity contribution in [2.75, 3.05) is 26.2 Å². The number of rotatable bonds is 3. The Bertz CT molecular complexity index is 207. The molecule has 0 spiro atoms. The van der Waals surface area contributed by atoms with Crippen LogP contribution in [0.15, 0.2) is 0 Å². The van der Waals surface area contributed by atoms with Gasteiger partial charge in [-0.05, 0) is 37.8 Å². The lowest BCUT2D eigenvalue weighted by Crippen LogP contribution is -2.32. The second kappa shape index (κ2) is 3.29. The second-order valence-electron chi connectivity index (χ2n) is 4.21. The highest BCUT2D eigenvalue weighted by molar-refractivity contribution is 5.73. The van der Waals surface area contributed by atoms with E-state index in [4.69, 9.17) is 0 Å². The van der Waals surface area contributed by atoms with Crippen LogP contribution in [-0.2, 0) is 4.79 Å². The van der Waals surface area contributed by atoms with Crippen molar-refractivity contribution < 1.29 is 4.79 Å². The van der Waals surface area contributed by atoms with E-state index in [9.17, 15) is 4.79 Å². The van der Waals surface area contributed by atoms with Gasteiger partial charge in [0, 0.05) is 20.0 Å². The summed E-state index contributed by atoms with van der Waals surface area (Å²) in [6.45, 7) is 7.91. The second-order valence-corrected chi connectivity index (χ2v) is 4.21. The van der Waals surface area contributed by atoms with Crippen molar-refractivity contribution >= 4 is 5.91 Å². The molecule has 0 aromatic heterocycles. The van der Waals surface area contributed by atoms with Gasteiger partial charge in [0.25, 0.3) is 0 Å². The van der Waals surface area contributed by atoms with E-state index in [-0.39, 0.29) is 5.91 Å². The molecule has 3 nitrogen and oxygen atoms in total. The van der Waals surface area contributed by atoms with Gasteiger partial charge in [-0.2, -0.15) is 0 Å². The van der Waals surface area contributed by atoms with Crippen LogP contribution >= 0.6 is 0 Å². The maximum absolute atomic E-state index is 11.2. The molecule has 0 aromatic rings. The fraction of sp³-hybridized carbons (Fsp3) is 0.900. The molecule has 2 aliphatic rings. The van der Waals surface area contributed by atoms with E-state index in [0.29, 0.717) is 0 Å². The van der Waals surface area contributed by atoms with Crippen LogP contribution in [-0.4, -0.2) is 37.0 Å². The third-order valence-electron chi connectivity index (χ3n) is 3.53. The van der Waals surface area contributed by atoms with Gasteiger partial charge in [0.15, 0.2) is 0 Å². The van der Waals surface area contributed by atoms with E-state index in [0.717, 1.165) is 30.8 Å². The number of hydrogen-bond acceptors (Lipinski definition) is 2. The summed E-state index contributed by atoms with van der Waals surface area (Å²) in [5.41, 5.74) is 0. The molecule has 0 aromatic carbocycles. The largest absolute Gasteiger partial charge is 0.343 e. The van der Waals surface area contributed by atoms with Crippen LogP contribution in [0.25, 0.3) is 0 Å². The lowest BCUT2D eigenvalue weighted by atomic mass is 10.2. The fourth-order valence-electron chi connectivity index (χ4n) is 2.55. The first-order chi connectivity index (χ1) is 6.24. The Labute approximate surface area is 79.5 Å². The van der Waals surface area contributed by atoms with E-state index < -0.39 is 0 Å². The Morgan fingerprint density at radius 2 is 2.08 bits per heavy atom. The van der Waals surface area contributed by atoms with Gasteiger partial charge in [0.05, 0.1) is 0 Å². The zero-order valence-electron chi connectivity index (χ0n) is 8.42. The number of carbonyl (C=O) groups excluding carboxylic acids is 1. The Morgan fingerprint density at radius 1 is 1.46 bits per heavy atom. The highest BCUT2D eigenvalue weighted by Crippen LogP contribution is 2.48. The van der Waals surface area contributed by atoms with Gasteiger partial charge >= 0.3 is 0 Å². The van der Waals surface area contributed by atoms with Gasteiger partial charge in [-0.15, -0.1) is 0 Å². The first kappa shape index (κ1) is 9.00. The summed E-state index contributed by atoms with van der Waals surface area (Å²) < 4.78 is 0. The molecule has 3 atom stereocenters. The van der Waals surface area contributed by atoms with Crippen LogP contribution < -0.4 is 5.32 Å². The smallest absolute Gasteiger partial charge is 0.219 e. The van der Waals surface area contributed by atoms with Gasteiger partial charge in [-0.1, -0.05) is 0 Å². The summed E-state index contributed by atoms with van der Waals surface area (Å²) >= 11 is 0. The van der Waals surface area contributed by atoms with Crippen molar-refractivity contribution in [2.45, 2.75) is 13.8 Å². The third-order valence-corrected chi connectivity index (χ3v) is 3.53. The summed E-state index contributed by atoms with van der Waals surface area (Å²) in [7, 11) is 0. The molecular formula is C10H18N2O. The summed E-state index contributed by atoms with van der Waals surface area (Å²) in [4.78, 5) is 13.1. The fourth-order valence-corrected chi connectivity index (χ4v) is 2.55. The minimum absolute atomic E-state index is 0.223. The average molecular weight is 182 g/mol. The minimum Gasteiger partial charge on any atom is -0.343 e. The summed E-state index contributed by atoms with van der Waals surface area (Å²) in [5.74, 6) is 2.76. The molecule has 0 radical (unpaired) electrons. The van der Waals surface area contributed by atoms with Crippen molar-refractivity contribution in [3.05, 3.63) is 0 Å². The summed E-state index contributed by atoms with van der Waals surface area (Å²) in [6, 6.07) is 0. The van der Waals surface area contributed by atoms with Crippen molar-refractivity contribution in [3.63, 3.8) is 0 Å². The van der Waals surface area contributed by atoms with Gasteiger partial charge < -0.3 is 10.2 Å². The number of amides is 1. The summed E-state index contributed by atoms with van der Waals surface area (Å²) in [5, 5.41) is 3.37. The first-order valence-corrected chi connectivity index (χ1v) is 5.20. The van der Waals surface area contributed by atoms with Crippen molar-refractivity contribution in [1.82, 2.24) is 10.2 Å². The molecule has 1 heterocycles. The van der Waals surface area contributed by atoms with Gasteiger partial charge in [0.2, 0.25) is 5.91 Å². The molecule has 1 saturated heterocycles. The van der Waals surface area contributed by atoms with E-state index >= 15 is 0 Å². The van der Waals surface area contributed by atoms with E-state index in [2.05, 4.69) is 12.2 Å². The molecule has 1 N–H and O–H groups in total. The molecule has 74 valence electrons. The molecule has 2 fully saturated rings. The number of hydrogen-bond donors (Lipinski definition) is 1. The highest BCUT2D eigenvalue weighted by Gasteiger charge is 2.52. The molecule has 13 heavy (non-hydrogen) atoms. The average Bonchev–Trinajstić information content (AvgIpc) is 2.58. The van der Waals surface area contributed by atoms with E-state index in [1.165, 1.54) is 13.1 Å². The van der Waals surface area contributed by atoms with Gasteiger partial charge in [0.1, 0.15) is 0 Å². The molecule has 1 aliphatic carbocycles. The van der Waals surface area contributed by atoms with Crippen molar-refractivity contribution in [2.24, 2.45) is 17.8 Å². The third kappa shape index (κ3) is 1.57. The Kier molecular flexibility index (Phi) is 2.28. The first-order valence-electron chi connectivity index (χ1n) is 5.20. The van der Waals surface area contributed by atoms with Crippen LogP contribution in [0.4, 0.5) is 0 Å². The number of nitrogens with one attached hydrogen (secondary N) is 1. The van der Waals surface area contributed by atoms with Crippen LogP contribution in [0.5, 0.6) is 0 Å². The lowest BCUT2D eigenvalue weighted by molar-refractivity contribution is -0.128. The van der Waals surface area contributed by atoms with Gasteiger partial charge in [-0.3, -0.25) is 4.79 Å². The lowest BCUT2D eigenvalue weighted by Gasteiger charge is -2.19. The van der Waals surface area contributed by atoms with E-state index in [1.807, 2.05) is 4.90 Å². The maximum Gasteiger partial charge on any atom is 0.219 e. The zero-order chi connectivity index (χ0) is 9.42. The molecule has 2 rings (SSSR count). The maximum atomic E-state index is 11.2. The van der Waals surface area contributed by atoms with Crippen LogP contribution in [0, 0.1) is 17.8 Å². The number of carbonyl (C=O) groups is 1. The Hall–Kier alpha value is -0.570. The molecule has 1 aliphatic heterocycles. The topological polar surface area (TPSA) is 32.3 Å². The number of nitrogens with zero attached hydrogens (tertiary/aromatic N) is 1. The van der Waals surface area contributed by atoms with E-state index in [1.54, 1.807) is 6.92 Å². The molecule has 1 amide bonds. The van der Waals surface area contributed by atoms with Crippen molar-refractivity contribution in [3.8, 4) is 0 Å². The number of piperidine rings is 1. The SMILES string of the molecule is CCN(CC1[C@H]2CNC[C@@H]12)C(C)=O.